The Bertz CT molecular complexity index is 463. The average molecular weight is 355 g/mol. The van der Waals surface area contributed by atoms with Gasteiger partial charge in [-0.3, -0.25) is 6.08 Å². The van der Waals surface area contributed by atoms with Crippen molar-refractivity contribution in [3.05, 3.63) is 53.6 Å². The van der Waals surface area contributed by atoms with Gasteiger partial charge in [0.05, 0.1) is 0 Å². The van der Waals surface area contributed by atoms with Crippen LogP contribution in [0.1, 0.15) is 59.1 Å². The van der Waals surface area contributed by atoms with E-state index in [0.717, 1.165) is 17.5 Å². The zero-order valence-electron chi connectivity index (χ0n) is 14.5. The van der Waals surface area contributed by atoms with Crippen LogP contribution in [-0.2, 0) is 32.5 Å². The first-order valence-corrected chi connectivity index (χ1v) is 7.18. The fraction of sp³-hybridized carbons (Fsp3) is 0.474. The van der Waals surface area contributed by atoms with Crippen LogP contribution in [0, 0.1) is 6.08 Å². The molecule has 0 saturated heterocycles. The number of aromatic hydroxyl groups is 1. The number of benzene rings is 1. The van der Waals surface area contributed by atoms with Crippen molar-refractivity contribution in [1.82, 2.24) is 0 Å². The number of phenolic OH excluding ortho intramolecular Hbond substituents is 1. The Morgan fingerprint density at radius 3 is 1.64 bits per heavy atom. The number of allylic oxidation sites excluding steroid dienone is 4. The molecule has 1 N–H and O–H groups in total. The minimum Gasteiger partial charge on any atom is -1.00 e. The molecule has 0 aromatic heterocycles. The van der Waals surface area contributed by atoms with Gasteiger partial charge in [-0.2, -0.15) is 6.08 Å². The van der Waals surface area contributed by atoms with Gasteiger partial charge in [-0.25, -0.2) is 12.2 Å². The van der Waals surface area contributed by atoms with E-state index in [0.29, 0.717) is 5.75 Å². The third-order valence-electron chi connectivity index (χ3n) is 3.24. The van der Waals surface area contributed by atoms with E-state index in [1.54, 1.807) is 0 Å². The standard InChI is InChI=1S/C14H22O.C5H5.ClH.Ti/c1-13(2,3)10-8-7-9-11(12(10)15)14(4,5)6;1-2-4-5-3-1;;/h7-9,15H,1-6H3;1-3H,4H2;1H;/q;-1;;/p-1. The van der Waals surface area contributed by atoms with Crippen LogP contribution in [0.15, 0.2) is 36.4 Å². The summed E-state index contributed by atoms with van der Waals surface area (Å²) in [7, 11) is 0. The summed E-state index contributed by atoms with van der Waals surface area (Å²) < 4.78 is 0. The number of rotatable bonds is 0. The van der Waals surface area contributed by atoms with Gasteiger partial charge in [0.1, 0.15) is 5.75 Å². The third-order valence-corrected chi connectivity index (χ3v) is 3.24. The van der Waals surface area contributed by atoms with Gasteiger partial charge in [-0.15, -0.1) is 6.42 Å². The number of hydrogen-bond donors (Lipinski definition) is 1. The topological polar surface area (TPSA) is 20.2 Å². The van der Waals surface area contributed by atoms with Gasteiger partial charge in [0.25, 0.3) is 0 Å². The maximum Gasteiger partial charge on any atom is 0.123 e. The van der Waals surface area contributed by atoms with Crippen LogP contribution in [0.4, 0.5) is 0 Å². The number of hydrogen-bond acceptors (Lipinski definition) is 1. The maximum absolute atomic E-state index is 10.3. The van der Waals surface area contributed by atoms with Crippen LogP contribution < -0.4 is 12.4 Å². The molecule has 0 saturated carbocycles. The largest absolute Gasteiger partial charge is 1.00 e. The molecule has 0 amide bonds. The molecule has 0 aliphatic heterocycles. The molecule has 0 unspecified atom stereocenters. The van der Waals surface area contributed by atoms with Gasteiger partial charge >= 0.3 is 0 Å². The molecule has 0 atom stereocenters. The SMILES string of the molecule is CC(C)(C)c1cccc(C(C)(C)C)c1O.[C-]1=CC=CC1.[Cl-].[Ti]. The molecule has 1 aromatic carbocycles. The molecule has 0 bridgehead atoms. The average Bonchev–Trinajstić information content (AvgIpc) is 2.84. The smallest absolute Gasteiger partial charge is 0.123 e. The molecule has 1 aromatic rings. The van der Waals surface area contributed by atoms with Crippen molar-refractivity contribution in [2.24, 2.45) is 0 Å². The van der Waals surface area contributed by atoms with Gasteiger partial charge in [-0.1, -0.05) is 59.7 Å². The molecule has 3 heteroatoms. The molecule has 1 aliphatic rings. The minimum atomic E-state index is -0.00859. The number of para-hydroxylation sites is 1. The molecule has 1 nitrogen and oxygen atoms in total. The fourth-order valence-corrected chi connectivity index (χ4v) is 2.09. The number of phenols is 1. The van der Waals surface area contributed by atoms with Gasteiger partial charge in [0.15, 0.2) is 0 Å². The van der Waals surface area contributed by atoms with Crippen LogP contribution >= 0.6 is 0 Å². The predicted octanol–water partition coefficient (Wildman–Crippen LogP) is 2.29. The summed E-state index contributed by atoms with van der Waals surface area (Å²) in [5.74, 6) is 0.456. The Morgan fingerprint density at radius 2 is 1.41 bits per heavy atom. The second-order valence-corrected chi connectivity index (χ2v) is 7.20. The van der Waals surface area contributed by atoms with Crippen molar-refractivity contribution >= 4 is 0 Å². The van der Waals surface area contributed by atoms with E-state index in [1.807, 2.05) is 30.4 Å². The summed E-state index contributed by atoms with van der Waals surface area (Å²) in [6, 6.07) is 6.04. The number of halogens is 1. The van der Waals surface area contributed by atoms with Crippen molar-refractivity contribution in [3.8, 4) is 5.75 Å². The summed E-state index contributed by atoms with van der Waals surface area (Å²) in [6.45, 7) is 12.7. The summed E-state index contributed by atoms with van der Waals surface area (Å²) >= 11 is 0. The van der Waals surface area contributed by atoms with Crippen molar-refractivity contribution in [1.29, 1.82) is 0 Å². The normalized spacial score (nSPS) is 12.8. The van der Waals surface area contributed by atoms with Crippen molar-refractivity contribution in [2.75, 3.05) is 0 Å². The fourth-order valence-electron chi connectivity index (χ4n) is 2.09. The van der Waals surface area contributed by atoms with E-state index in [2.05, 4.69) is 53.7 Å². The van der Waals surface area contributed by atoms with E-state index >= 15 is 0 Å². The first kappa shape index (κ1) is 23.8. The molecule has 0 radical (unpaired) electrons. The molecular formula is C19H27ClOTi-2. The summed E-state index contributed by atoms with van der Waals surface area (Å²) in [4.78, 5) is 0. The molecule has 0 spiro atoms. The molecule has 122 valence electrons. The van der Waals surface area contributed by atoms with Crippen molar-refractivity contribution < 1.29 is 39.2 Å². The zero-order valence-corrected chi connectivity index (χ0v) is 16.8. The van der Waals surface area contributed by atoms with Crippen molar-refractivity contribution in [2.45, 2.75) is 58.8 Å². The van der Waals surface area contributed by atoms with E-state index in [9.17, 15) is 5.11 Å². The van der Waals surface area contributed by atoms with Crippen LogP contribution in [0.25, 0.3) is 0 Å². The molecule has 2 rings (SSSR count). The Hall–Kier alpha value is -0.496. The van der Waals surface area contributed by atoms with E-state index < -0.39 is 0 Å². The summed E-state index contributed by atoms with van der Waals surface area (Å²) in [6.07, 6.45) is 10.0. The third kappa shape index (κ3) is 7.18. The summed E-state index contributed by atoms with van der Waals surface area (Å²) in [5.41, 5.74) is 2.03. The second-order valence-electron chi connectivity index (χ2n) is 7.20. The first-order chi connectivity index (χ1) is 9.14. The monoisotopic (exact) mass is 354 g/mol. The minimum absolute atomic E-state index is 0. The summed E-state index contributed by atoms with van der Waals surface area (Å²) in [5, 5.41) is 10.3. The Balaban J connectivity index is 0. The zero-order chi connectivity index (χ0) is 15.4. The Morgan fingerprint density at radius 1 is 0.955 bits per heavy atom. The first-order valence-electron chi connectivity index (χ1n) is 7.18. The Labute approximate surface area is 157 Å². The molecule has 1 aliphatic carbocycles. The molecule has 22 heavy (non-hydrogen) atoms. The van der Waals surface area contributed by atoms with Gasteiger partial charge in [0.2, 0.25) is 0 Å². The predicted molar refractivity (Wildman–Crippen MR) is 87.1 cm³/mol. The van der Waals surface area contributed by atoms with Gasteiger partial charge in [0, 0.05) is 21.7 Å². The molecule has 0 heterocycles. The van der Waals surface area contributed by atoms with Crippen molar-refractivity contribution in [3.63, 3.8) is 0 Å². The van der Waals surface area contributed by atoms with E-state index in [1.165, 1.54) is 0 Å². The van der Waals surface area contributed by atoms with Crippen LogP contribution in [0.2, 0.25) is 0 Å². The molecular weight excluding hydrogens is 328 g/mol. The molecule has 0 fully saturated rings. The van der Waals surface area contributed by atoms with E-state index in [-0.39, 0.29) is 45.0 Å². The van der Waals surface area contributed by atoms with Crippen LogP contribution in [0.3, 0.4) is 0 Å². The van der Waals surface area contributed by atoms with Gasteiger partial charge in [-0.05, 0) is 22.0 Å². The van der Waals surface area contributed by atoms with Crippen LogP contribution in [-0.4, -0.2) is 5.11 Å². The van der Waals surface area contributed by atoms with Gasteiger partial charge < -0.3 is 17.5 Å². The second kappa shape index (κ2) is 9.60. The van der Waals surface area contributed by atoms with Crippen LogP contribution in [0.5, 0.6) is 5.75 Å². The quantitative estimate of drug-likeness (QED) is 0.560. The maximum atomic E-state index is 10.3. The van der Waals surface area contributed by atoms with E-state index in [4.69, 9.17) is 0 Å². The Kier molecular flexibility index (Phi) is 10.4.